The molecule has 14 heavy (non-hydrogen) atoms. The van der Waals surface area contributed by atoms with Crippen molar-refractivity contribution in [3.05, 3.63) is 12.4 Å². The second kappa shape index (κ2) is 3.88. The van der Waals surface area contributed by atoms with E-state index in [0.717, 1.165) is 17.1 Å². The summed E-state index contributed by atoms with van der Waals surface area (Å²) >= 11 is 0. The van der Waals surface area contributed by atoms with E-state index in [1.54, 1.807) is 0 Å². The number of aliphatic carboxylic acids is 1. The molecule has 1 heterocycles. The molecule has 7 heteroatoms. The molecule has 4 N–H and O–H groups in total. The Morgan fingerprint density at radius 2 is 2.29 bits per heavy atom. The number of carboxylic acid groups (broad SMARTS) is 1. The third-order valence-electron chi connectivity index (χ3n) is 1.54. The lowest BCUT2D eigenvalue weighted by Gasteiger charge is -2.04. The first-order valence-corrected chi connectivity index (χ1v) is 3.76. The highest BCUT2D eigenvalue weighted by Crippen LogP contribution is 2.05. The maximum absolute atomic E-state index is 11.2. The molecule has 76 valence electrons. The molecule has 0 saturated heterocycles. The van der Waals surface area contributed by atoms with Crippen LogP contribution in [0.1, 0.15) is 11.2 Å². The van der Waals surface area contributed by atoms with E-state index in [4.69, 9.17) is 15.9 Å². The average Bonchev–Trinajstić information content (AvgIpc) is 2.51. The van der Waals surface area contributed by atoms with Crippen molar-refractivity contribution in [2.75, 3.05) is 0 Å². The van der Waals surface area contributed by atoms with Crippen molar-refractivity contribution in [2.24, 2.45) is 5.73 Å². The van der Waals surface area contributed by atoms with Crippen LogP contribution in [0.4, 0.5) is 0 Å². The van der Waals surface area contributed by atoms with Gasteiger partial charge in [-0.15, -0.1) is 0 Å². The maximum atomic E-state index is 11.2. The number of hydrogen-bond acceptors (Lipinski definition) is 5. The molecule has 0 fully saturated rings. The van der Waals surface area contributed by atoms with Crippen molar-refractivity contribution < 1.29 is 19.8 Å². The lowest BCUT2D eigenvalue weighted by atomic mass is 10.2. The quantitative estimate of drug-likeness (QED) is 0.576. The van der Waals surface area contributed by atoms with Crippen molar-refractivity contribution >= 4 is 11.9 Å². The first-order chi connectivity index (χ1) is 6.50. The van der Waals surface area contributed by atoms with Gasteiger partial charge in [-0.25, -0.2) is 4.68 Å². The molecule has 0 radical (unpaired) electrons. The van der Waals surface area contributed by atoms with E-state index in [2.05, 4.69) is 5.10 Å². The van der Waals surface area contributed by atoms with Gasteiger partial charge in [0, 0.05) is 0 Å². The number of rotatable bonds is 3. The Morgan fingerprint density at radius 1 is 1.64 bits per heavy atom. The van der Waals surface area contributed by atoms with Crippen molar-refractivity contribution in [3.8, 4) is 5.75 Å². The minimum atomic E-state index is -1.26. The number of nitrogens with zero attached hydrogens (tertiary/aromatic N) is 2. The highest BCUT2D eigenvalue weighted by molar-refractivity contribution is 5.85. The van der Waals surface area contributed by atoms with Crippen molar-refractivity contribution in [1.29, 1.82) is 0 Å². The number of carbonyl (C=O) groups excluding carboxylic acids is 1. The molecule has 0 aliphatic rings. The third kappa shape index (κ3) is 2.30. The van der Waals surface area contributed by atoms with Crippen LogP contribution in [0, 0.1) is 0 Å². The van der Waals surface area contributed by atoms with Gasteiger partial charge < -0.3 is 15.9 Å². The van der Waals surface area contributed by atoms with Gasteiger partial charge in [-0.3, -0.25) is 9.59 Å². The molecule has 7 nitrogen and oxygen atoms in total. The normalized spacial score (nSPS) is 12.4. The zero-order chi connectivity index (χ0) is 10.7. The Balaban J connectivity index is 2.63. The predicted molar refractivity (Wildman–Crippen MR) is 44.7 cm³/mol. The first-order valence-electron chi connectivity index (χ1n) is 3.76. The Morgan fingerprint density at radius 3 is 2.71 bits per heavy atom. The molecule has 0 spiro atoms. The van der Waals surface area contributed by atoms with Crippen LogP contribution >= 0.6 is 0 Å². The van der Waals surface area contributed by atoms with Gasteiger partial charge in [0.05, 0.1) is 18.8 Å². The van der Waals surface area contributed by atoms with E-state index in [1.807, 2.05) is 0 Å². The SMILES string of the molecule is N[C@@H](CC(=O)n1cc(O)cn1)C(=O)O. The van der Waals surface area contributed by atoms with E-state index >= 15 is 0 Å². The Hall–Kier alpha value is -1.89. The monoisotopic (exact) mass is 199 g/mol. The van der Waals surface area contributed by atoms with Crippen molar-refractivity contribution in [3.63, 3.8) is 0 Å². The van der Waals surface area contributed by atoms with Crippen LogP contribution in [0.3, 0.4) is 0 Å². The summed E-state index contributed by atoms with van der Waals surface area (Å²) in [7, 11) is 0. The molecule has 0 aliphatic heterocycles. The molecule has 0 aromatic carbocycles. The standard InChI is InChI=1S/C7H9N3O4/c8-5(7(13)14)1-6(12)10-3-4(11)2-9-10/h2-3,5,11H,1,8H2,(H,13,14)/t5-/m0/s1. The van der Waals surface area contributed by atoms with Crippen LogP contribution in [-0.2, 0) is 4.79 Å². The maximum Gasteiger partial charge on any atom is 0.321 e. The summed E-state index contributed by atoms with van der Waals surface area (Å²) < 4.78 is 0.845. The smallest absolute Gasteiger partial charge is 0.321 e. The Labute approximate surface area is 78.7 Å². The lowest BCUT2D eigenvalue weighted by Crippen LogP contribution is -2.34. The zero-order valence-corrected chi connectivity index (χ0v) is 7.12. The summed E-state index contributed by atoms with van der Waals surface area (Å²) in [6.07, 6.45) is 1.79. The summed E-state index contributed by atoms with van der Waals surface area (Å²) in [6.45, 7) is 0. The van der Waals surface area contributed by atoms with E-state index in [0.29, 0.717) is 0 Å². The molecule has 0 saturated carbocycles. The number of aromatic nitrogens is 2. The molecule has 0 unspecified atom stereocenters. The van der Waals surface area contributed by atoms with Gasteiger partial charge in [0.25, 0.3) is 0 Å². The summed E-state index contributed by atoms with van der Waals surface area (Å²) in [5.41, 5.74) is 5.14. The molecular formula is C7H9N3O4. The van der Waals surface area contributed by atoms with Gasteiger partial charge >= 0.3 is 5.97 Å². The molecule has 0 bridgehead atoms. The van der Waals surface area contributed by atoms with Crippen LogP contribution in [0.5, 0.6) is 5.75 Å². The number of hydrogen-bond donors (Lipinski definition) is 3. The van der Waals surface area contributed by atoms with E-state index in [-0.39, 0.29) is 12.2 Å². The number of carboxylic acids is 1. The van der Waals surface area contributed by atoms with Crippen LogP contribution in [0.15, 0.2) is 12.4 Å². The number of aromatic hydroxyl groups is 1. The highest BCUT2D eigenvalue weighted by atomic mass is 16.4. The van der Waals surface area contributed by atoms with Gasteiger partial charge in [0.2, 0.25) is 5.91 Å². The summed E-state index contributed by atoms with van der Waals surface area (Å²) in [5.74, 6) is -2.00. The average molecular weight is 199 g/mol. The second-order valence-corrected chi connectivity index (χ2v) is 2.69. The van der Waals surface area contributed by atoms with E-state index in [9.17, 15) is 9.59 Å². The van der Waals surface area contributed by atoms with Crippen LogP contribution in [0.25, 0.3) is 0 Å². The minimum Gasteiger partial charge on any atom is -0.505 e. The lowest BCUT2D eigenvalue weighted by molar-refractivity contribution is -0.138. The third-order valence-corrected chi connectivity index (χ3v) is 1.54. The van der Waals surface area contributed by atoms with Crippen LogP contribution < -0.4 is 5.73 Å². The van der Waals surface area contributed by atoms with Gasteiger partial charge in [-0.2, -0.15) is 5.10 Å². The minimum absolute atomic E-state index is 0.165. The summed E-state index contributed by atoms with van der Waals surface area (Å²) in [5, 5.41) is 20.8. The molecule has 1 aromatic rings. The highest BCUT2D eigenvalue weighted by Gasteiger charge is 2.17. The van der Waals surface area contributed by atoms with Gasteiger partial charge in [-0.05, 0) is 0 Å². The second-order valence-electron chi connectivity index (χ2n) is 2.69. The molecule has 1 rings (SSSR count). The predicted octanol–water partition coefficient (Wildman–Crippen LogP) is -0.969. The van der Waals surface area contributed by atoms with Gasteiger partial charge in [0.15, 0.2) is 5.75 Å². The first kappa shape index (κ1) is 10.2. The van der Waals surface area contributed by atoms with Gasteiger partial charge in [-0.1, -0.05) is 0 Å². The molecular weight excluding hydrogens is 190 g/mol. The molecule has 1 aromatic heterocycles. The summed E-state index contributed by atoms with van der Waals surface area (Å²) in [6, 6.07) is -1.26. The van der Waals surface area contributed by atoms with Crippen molar-refractivity contribution in [2.45, 2.75) is 12.5 Å². The fourth-order valence-corrected chi connectivity index (χ4v) is 0.819. The molecule has 0 amide bonds. The number of carbonyl (C=O) groups is 2. The summed E-state index contributed by atoms with van der Waals surface area (Å²) in [4.78, 5) is 21.5. The fraction of sp³-hybridized carbons (Fsp3) is 0.286. The number of nitrogens with two attached hydrogens (primary N) is 1. The molecule has 1 atom stereocenters. The Kier molecular flexibility index (Phi) is 2.82. The zero-order valence-electron chi connectivity index (χ0n) is 7.12. The van der Waals surface area contributed by atoms with E-state index in [1.165, 1.54) is 0 Å². The molecule has 0 aliphatic carbocycles. The van der Waals surface area contributed by atoms with Gasteiger partial charge in [0.1, 0.15) is 6.04 Å². The fourth-order valence-electron chi connectivity index (χ4n) is 0.819. The van der Waals surface area contributed by atoms with E-state index < -0.39 is 17.9 Å². The van der Waals surface area contributed by atoms with Crippen molar-refractivity contribution in [1.82, 2.24) is 9.78 Å². The largest absolute Gasteiger partial charge is 0.505 e. The van der Waals surface area contributed by atoms with Crippen LogP contribution in [0.2, 0.25) is 0 Å². The van der Waals surface area contributed by atoms with Crippen LogP contribution in [-0.4, -0.2) is 37.9 Å². The Bertz CT molecular complexity index is 360. The topological polar surface area (TPSA) is 118 Å².